The van der Waals surface area contributed by atoms with Gasteiger partial charge in [0.2, 0.25) is 5.91 Å². The maximum atomic E-state index is 13.9. The summed E-state index contributed by atoms with van der Waals surface area (Å²) < 4.78 is 19.1. The van der Waals surface area contributed by atoms with Crippen LogP contribution in [0, 0.1) is 5.82 Å². The predicted octanol–water partition coefficient (Wildman–Crippen LogP) is 3.29. The predicted molar refractivity (Wildman–Crippen MR) is 90.3 cm³/mol. The highest BCUT2D eigenvalue weighted by Crippen LogP contribution is 2.22. The number of carbonyl (C=O) groups is 2. The van der Waals surface area contributed by atoms with Crippen LogP contribution in [-0.4, -0.2) is 29.3 Å². The highest BCUT2D eigenvalue weighted by Gasteiger charge is 2.34. The van der Waals surface area contributed by atoms with Gasteiger partial charge in [0.05, 0.1) is 12.3 Å². The van der Waals surface area contributed by atoms with Crippen LogP contribution in [0.5, 0.6) is 0 Å². The topological polar surface area (TPSA) is 62.6 Å². The quantitative estimate of drug-likeness (QED) is 0.926. The van der Waals surface area contributed by atoms with Crippen molar-refractivity contribution < 1.29 is 18.4 Å². The zero-order chi connectivity index (χ0) is 17.8. The number of carbonyl (C=O) groups excluding carboxylic acids is 2. The lowest BCUT2D eigenvalue weighted by Crippen LogP contribution is -2.52. The lowest BCUT2D eigenvalue weighted by molar-refractivity contribution is -0.127. The van der Waals surface area contributed by atoms with Crippen molar-refractivity contribution in [2.75, 3.05) is 6.54 Å². The monoisotopic (exact) mass is 344 g/mol. The smallest absolute Gasteiger partial charge is 0.290 e. The summed E-state index contributed by atoms with van der Waals surface area (Å²) in [5, 5.41) is 2.83. The summed E-state index contributed by atoms with van der Waals surface area (Å²) in [6.45, 7) is 2.24. The number of piperidine rings is 1. The van der Waals surface area contributed by atoms with Crippen LogP contribution in [-0.2, 0) is 4.79 Å². The molecule has 0 saturated carbocycles. The van der Waals surface area contributed by atoms with Crippen LogP contribution in [0.4, 0.5) is 4.39 Å². The number of halogens is 1. The Morgan fingerprint density at radius 2 is 2.04 bits per heavy atom. The SMILES string of the molecule is CC(NC(=O)C1CCCCN1C(=O)c1ccco1)c1ccccc1F. The van der Waals surface area contributed by atoms with E-state index in [1.165, 1.54) is 12.3 Å². The van der Waals surface area contributed by atoms with Crippen LogP contribution >= 0.6 is 0 Å². The largest absolute Gasteiger partial charge is 0.459 e. The summed E-state index contributed by atoms with van der Waals surface area (Å²) in [5.41, 5.74) is 0.426. The van der Waals surface area contributed by atoms with Gasteiger partial charge in [-0.2, -0.15) is 0 Å². The molecule has 132 valence electrons. The molecule has 2 atom stereocenters. The summed E-state index contributed by atoms with van der Waals surface area (Å²) in [6.07, 6.45) is 3.74. The third kappa shape index (κ3) is 3.73. The van der Waals surface area contributed by atoms with E-state index in [9.17, 15) is 14.0 Å². The van der Waals surface area contributed by atoms with Gasteiger partial charge >= 0.3 is 0 Å². The molecule has 3 rings (SSSR count). The first-order valence-electron chi connectivity index (χ1n) is 8.47. The molecule has 1 N–H and O–H groups in total. The zero-order valence-corrected chi connectivity index (χ0v) is 14.1. The van der Waals surface area contributed by atoms with E-state index in [1.807, 2.05) is 0 Å². The van der Waals surface area contributed by atoms with E-state index < -0.39 is 12.1 Å². The standard InChI is InChI=1S/C19H21FN2O3/c1-13(14-7-2-3-8-15(14)20)21-18(23)16-9-4-5-11-22(16)19(24)17-10-6-12-25-17/h2-3,6-8,10,12-13,16H,4-5,9,11H2,1H3,(H,21,23). The number of benzene rings is 1. The van der Waals surface area contributed by atoms with E-state index >= 15 is 0 Å². The molecule has 2 aromatic rings. The Hall–Kier alpha value is -2.63. The molecule has 0 spiro atoms. The fourth-order valence-corrected chi connectivity index (χ4v) is 3.20. The Balaban J connectivity index is 1.73. The highest BCUT2D eigenvalue weighted by molar-refractivity contribution is 5.95. The van der Waals surface area contributed by atoms with Gasteiger partial charge < -0.3 is 14.6 Å². The summed E-state index contributed by atoms with van der Waals surface area (Å²) in [4.78, 5) is 26.8. The zero-order valence-electron chi connectivity index (χ0n) is 14.1. The highest BCUT2D eigenvalue weighted by atomic mass is 19.1. The maximum absolute atomic E-state index is 13.9. The molecule has 1 fully saturated rings. The van der Waals surface area contributed by atoms with Crippen LogP contribution in [0.25, 0.3) is 0 Å². The van der Waals surface area contributed by atoms with Crippen molar-refractivity contribution in [2.45, 2.75) is 38.3 Å². The van der Waals surface area contributed by atoms with E-state index in [0.29, 0.717) is 18.5 Å². The van der Waals surface area contributed by atoms with E-state index in [4.69, 9.17) is 4.42 Å². The molecule has 0 bridgehead atoms. The van der Waals surface area contributed by atoms with Crippen molar-refractivity contribution in [1.29, 1.82) is 0 Å². The second-order valence-corrected chi connectivity index (χ2v) is 6.24. The number of hydrogen-bond donors (Lipinski definition) is 1. The summed E-state index contributed by atoms with van der Waals surface area (Å²) in [7, 11) is 0. The Bertz CT molecular complexity index is 745. The van der Waals surface area contributed by atoms with E-state index in [2.05, 4.69) is 5.32 Å². The van der Waals surface area contributed by atoms with Gasteiger partial charge in [-0.05, 0) is 44.4 Å². The Labute approximate surface area is 145 Å². The van der Waals surface area contributed by atoms with Crippen LogP contribution < -0.4 is 5.32 Å². The van der Waals surface area contributed by atoms with Gasteiger partial charge in [-0.1, -0.05) is 18.2 Å². The van der Waals surface area contributed by atoms with Gasteiger partial charge in [0, 0.05) is 12.1 Å². The van der Waals surface area contributed by atoms with Crippen LogP contribution in [0.3, 0.4) is 0 Å². The molecule has 25 heavy (non-hydrogen) atoms. The van der Waals surface area contributed by atoms with Crippen molar-refractivity contribution in [2.24, 2.45) is 0 Å². The van der Waals surface area contributed by atoms with Crippen LogP contribution in [0.15, 0.2) is 47.1 Å². The number of amides is 2. The first-order valence-corrected chi connectivity index (χ1v) is 8.47. The van der Waals surface area contributed by atoms with Gasteiger partial charge in [0.25, 0.3) is 5.91 Å². The molecule has 1 aromatic carbocycles. The Morgan fingerprint density at radius 3 is 2.76 bits per heavy atom. The second kappa shape index (κ2) is 7.51. The van der Waals surface area contributed by atoms with Crippen molar-refractivity contribution in [3.63, 3.8) is 0 Å². The second-order valence-electron chi connectivity index (χ2n) is 6.24. The van der Waals surface area contributed by atoms with Gasteiger partial charge in [-0.3, -0.25) is 9.59 Å². The summed E-state index contributed by atoms with van der Waals surface area (Å²) >= 11 is 0. The van der Waals surface area contributed by atoms with Gasteiger partial charge in [-0.15, -0.1) is 0 Å². The minimum absolute atomic E-state index is 0.224. The molecule has 5 nitrogen and oxygen atoms in total. The molecule has 0 radical (unpaired) electrons. The average molecular weight is 344 g/mol. The number of likely N-dealkylation sites (tertiary alicyclic amines) is 1. The number of hydrogen-bond acceptors (Lipinski definition) is 3. The summed E-state index contributed by atoms with van der Waals surface area (Å²) in [6, 6.07) is 8.54. The van der Waals surface area contributed by atoms with Crippen molar-refractivity contribution in [1.82, 2.24) is 10.2 Å². The first-order chi connectivity index (χ1) is 12.1. The molecule has 2 amide bonds. The molecule has 1 aliphatic heterocycles. The molecule has 1 aromatic heterocycles. The third-order valence-electron chi connectivity index (χ3n) is 4.53. The van der Waals surface area contributed by atoms with Crippen molar-refractivity contribution in [3.8, 4) is 0 Å². The Morgan fingerprint density at radius 1 is 1.24 bits per heavy atom. The number of furan rings is 1. The molecule has 2 unspecified atom stereocenters. The molecule has 0 aliphatic carbocycles. The Kier molecular flexibility index (Phi) is 5.16. The lowest BCUT2D eigenvalue weighted by Gasteiger charge is -2.34. The summed E-state index contributed by atoms with van der Waals surface area (Å²) in [5.74, 6) is -0.692. The average Bonchev–Trinajstić information content (AvgIpc) is 3.16. The number of rotatable bonds is 4. The number of nitrogens with zero attached hydrogens (tertiary/aromatic N) is 1. The van der Waals surface area contributed by atoms with Gasteiger partial charge in [0.15, 0.2) is 5.76 Å². The number of nitrogens with one attached hydrogen (secondary N) is 1. The van der Waals surface area contributed by atoms with E-state index in [0.717, 1.165) is 12.8 Å². The fourth-order valence-electron chi connectivity index (χ4n) is 3.20. The van der Waals surface area contributed by atoms with Crippen LogP contribution in [0.2, 0.25) is 0 Å². The molecule has 6 heteroatoms. The molecule has 1 saturated heterocycles. The fraction of sp³-hybridized carbons (Fsp3) is 0.368. The molecular formula is C19H21FN2O3. The van der Waals surface area contributed by atoms with Crippen molar-refractivity contribution >= 4 is 11.8 Å². The van der Waals surface area contributed by atoms with E-state index in [1.54, 1.807) is 42.2 Å². The first kappa shape index (κ1) is 17.2. The van der Waals surface area contributed by atoms with Crippen LogP contribution in [0.1, 0.15) is 48.3 Å². The third-order valence-corrected chi connectivity index (χ3v) is 4.53. The van der Waals surface area contributed by atoms with Crippen molar-refractivity contribution in [3.05, 3.63) is 59.8 Å². The van der Waals surface area contributed by atoms with Gasteiger partial charge in [-0.25, -0.2) is 4.39 Å². The maximum Gasteiger partial charge on any atom is 0.290 e. The normalized spacial score (nSPS) is 18.6. The molecular weight excluding hydrogens is 323 g/mol. The minimum atomic E-state index is -0.569. The molecule has 2 heterocycles. The van der Waals surface area contributed by atoms with E-state index in [-0.39, 0.29) is 23.4 Å². The minimum Gasteiger partial charge on any atom is -0.459 e. The molecule has 1 aliphatic rings. The lowest BCUT2D eigenvalue weighted by atomic mass is 10.00. The van der Waals surface area contributed by atoms with Gasteiger partial charge in [0.1, 0.15) is 11.9 Å².